The number of aryl methyl sites for hydroxylation is 1. The first-order valence-electron chi connectivity index (χ1n) is 7.60. The Morgan fingerprint density at radius 2 is 2.10 bits per heavy atom. The lowest BCUT2D eigenvalue weighted by Gasteiger charge is -2.09. The summed E-state index contributed by atoms with van der Waals surface area (Å²) in [7, 11) is 0. The maximum atomic E-state index is 11.9. The predicted octanol–water partition coefficient (Wildman–Crippen LogP) is 4.41. The molecule has 1 amide bonds. The van der Waals surface area contributed by atoms with Gasteiger partial charge in [-0.15, -0.1) is 11.3 Å². The molecular formula is C16H22N2OS. The number of hydrogen-bond donors (Lipinski definition) is 1. The number of thiophene rings is 1. The van der Waals surface area contributed by atoms with Gasteiger partial charge in [0.15, 0.2) is 0 Å². The molecule has 1 aliphatic carbocycles. The normalized spacial score (nSPS) is 13.6. The van der Waals surface area contributed by atoms with Gasteiger partial charge >= 0.3 is 0 Å². The Labute approximate surface area is 125 Å². The van der Waals surface area contributed by atoms with Crippen LogP contribution in [0.25, 0.3) is 0 Å². The van der Waals surface area contributed by atoms with Gasteiger partial charge in [0.05, 0.1) is 5.56 Å². The molecule has 0 spiro atoms. The van der Waals surface area contributed by atoms with E-state index in [1.165, 1.54) is 29.7 Å². The van der Waals surface area contributed by atoms with E-state index >= 15 is 0 Å². The Morgan fingerprint density at radius 3 is 2.85 bits per heavy atom. The van der Waals surface area contributed by atoms with Crippen LogP contribution in [0.2, 0.25) is 0 Å². The van der Waals surface area contributed by atoms with E-state index in [-0.39, 0.29) is 5.91 Å². The Balaban J connectivity index is 1.97. The summed E-state index contributed by atoms with van der Waals surface area (Å²) >= 11 is 1.60. The minimum Gasteiger partial charge on any atom is -0.317 e. The second kappa shape index (κ2) is 7.44. The molecule has 1 aromatic heterocycles. The first-order valence-corrected chi connectivity index (χ1v) is 8.42. The van der Waals surface area contributed by atoms with Crippen LogP contribution in [0, 0.1) is 11.3 Å². The van der Waals surface area contributed by atoms with Crippen LogP contribution in [0.3, 0.4) is 0 Å². The van der Waals surface area contributed by atoms with Crippen molar-refractivity contribution < 1.29 is 4.79 Å². The van der Waals surface area contributed by atoms with Crippen molar-refractivity contribution in [1.29, 1.82) is 5.26 Å². The van der Waals surface area contributed by atoms with Crippen molar-refractivity contribution in [2.45, 2.75) is 64.7 Å². The average molecular weight is 290 g/mol. The minimum absolute atomic E-state index is 0.0520. The van der Waals surface area contributed by atoms with E-state index in [9.17, 15) is 10.1 Å². The maximum Gasteiger partial charge on any atom is 0.225 e. The average Bonchev–Trinajstić information content (AvgIpc) is 2.80. The summed E-state index contributed by atoms with van der Waals surface area (Å²) in [6.07, 6.45) is 9.37. The standard InChI is InChI=1S/C16H22N2OS/c1-2-3-4-5-10-15(19)18-16-13(11-17)12-8-6-7-9-14(12)20-16/h2-10H2,1H3,(H,18,19). The van der Waals surface area contributed by atoms with Gasteiger partial charge in [-0.2, -0.15) is 5.26 Å². The molecule has 0 saturated heterocycles. The number of amides is 1. The van der Waals surface area contributed by atoms with Crippen LogP contribution in [-0.2, 0) is 17.6 Å². The highest BCUT2D eigenvalue weighted by Gasteiger charge is 2.21. The van der Waals surface area contributed by atoms with Crippen LogP contribution in [-0.4, -0.2) is 5.91 Å². The van der Waals surface area contributed by atoms with Crippen LogP contribution in [0.1, 0.15) is 67.9 Å². The van der Waals surface area contributed by atoms with Crippen molar-refractivity contribution in [1.82, 2.24) is 0 Å². The molecule has 0 aromatic carbocycles. The first-order chi connectivity index (χ1) is 9.76. The van der Waals surface area contributed by atoms with E-state index in [4.69, 9.17) is 0 Å². The summed E-state index contributed by atoms with van der Waals surface area (Å²) in [5.41, 5.74) is 1.90. The largest absolute Gasteiger partial charge is 0.317 e. The number of carbonyl (C=O) groups is 1. The highest BCUT2D eigenvalue weighted by atomic mass is 32.1. The number of anilines is 1. The van der Waals surface area contributed by atoms with Crippen LogP contribution >= 0.6 is 11.3 Å². The summed E-state index contributed by atoms with van der Waals surface area (Å²) in [4.78, 5) is 13.2. The Bertz CT molecular complexity index is 513. The van der Waals surface area contributed by atoms with E-state index in [0.717, 1.165) is 37.1 Å². The van der Waals surface area contributed by atoms with E-state index in [1.54, 1.807) is 11.3 Å². The number of nitrogens with one attached hydrogen (secondary N) is 1. The zero-order valence-electron chi connectivity index (χ0n) is 12.1. The highest BCUT2D eigenvalue weighted by molar-refractivity contribution is 7.16. The second-order valence-corrected chi connectivity index (χ2v) is 6.49. The molecule has 2 rings (SSSR count). The zero-order valence-corrected chi connectivity index (χ0v) is 12.9. The smallest absolute Gasteiger partial charge is 0.225 e. The summed E-state index contributed by atoms with van der Waals surface area (Å²) in [6.45, 7) is 2.16. The molecule has 0 saturated carbocycles. The molecule has 1 aromatic rings. The Kier molecular flexibility index (Phi) is 5.60. The maximum absolute atomic E-state index is 11.9. The van der Waals surface area contributed by atoms with Crippen LogP contribution < -0.4 is 5.32 Å². The molecule has 0 bridgehead atoms. The lowest BCUT2D eigenvalue weighted by molar-refractivity contribution is -0.116. The lowest BCUT2D eigenvalue weighted by atomic mass is 9.96. The summed E-state index contributed by atoms with van der Waals surface area (Å²) in [6, 6.07) is 2.28. The monoisotopic (exact) mass is 290 g/mol. The van der Waals surface area contributed by atoms with Crippen molar-refractivity contribution >= 4 is 22.2 Å². The molecule has 1 aliphatic rings. The van der Waals surface area contributed by atoms with Crippen LogP contribution in [0.15, 0.2) is 0 Å². The number of nitrogens with zero attached hydrogens (tertiary/aromatic N) is 1. The van der Waals surface area contributed by atoms with Crippen LogP contribution in [0.4, 0.5) is 5.00 Å². The number of carbonyl (C=O) groups excluding carboxylic acids is 1. The van der Waals surface area contributed by atoms with Crippen molar-refractivity contribution in [2.75, 3.05) is 5.32 Å². The van der Waals surface area contributed by atoms with Gasteiger partial charge < -0.3 is 5.32 Å². The molecule has 20 heavy (non-hydrogen) atoms. The summed E-state index contributed by atoms with van der Waals surface area (Å²) < 4.78 is 0. The molecule has 3 nitrogen and oxygen atoms in total. The van der Waals surface area contributed by atoms with Crippen molar-refractivity contribution in [3.63, 3.8) is 0 Å². The molecule has 1 heterocycles. The fourth-order valence-electron chi connectivity index (χ4n) is 2.67. The SMILES string of the molecule is CCCCCCC(=O)Nc1sc2c(c1C#N)CCCC2. The third kappa shape index (κ3) is 3.61. The number of hydrogen-bond acceptors (Lipinski definition) is 3. The molecule has 0 radical (unpaired) electrons. The van der Waals surface area contributed by atoms with Gasteiger partial charge in [-0.05, 0) is 37.7 Å². The predicted molar refractivity (Wildman–Crippen MR) is 83.1 cm³/mol. The number of fused-ring (bicyclic) bond motifs is 1. The van der Waals surface area contributed by atoms with Crippen molar-refractivity contribution in [3.8, 4) is 6.07 Å². The zero-order chi connectivity index (χ0) is 14.4. The number of unbranched alkanes of at least 4 members (excludes halogenated alkanes) is 3. The lowest BCUT2D eigenvalue weighted by Crippen LogP contribution is -2.11. The molecule has 4 heteroatoms. The van der Waals surface area contributed by atoms with Gasteiger partial charge in [-0.3, -0.25) is 4.79 Å². The molecular weight excluding hydrogens is 268 g/mol. The fourth-order valence-corrected chi connectivity index (χ4v) is 3.93. The molecule has 0 unspecified atom stereocenters. The molecule has 0 atom stereocenters. The summed E-state index contributed by atoms with van der Waals surface area (Å²) in [5, 5.41) is 13.1. The van der Waals surface area contributed by atoms with E-state index in [1.807, 2.05) is 0 Å². The quantitative estimate of drug-likeness (QED) is 0.789. The van der Waals surface area contributed by atoms with Gasteiger partial charge in [-0.25, -0.2) is 0 Å². The van der Waals surface area contributed by atoms with Crippen molar-refractivity contribution in [3.05, 3.63) is 16.0 Å². The van der Waals surface area contributed by atoms with Gasteiger partial charge in [0, 0.05) is 11.3 Å². The van der Waals surface area contributed by atoms with E-state index in [0.29, 0.717) is 12.0 Å². The number of nitriles is 1. The summed E-state index contributed by atoms with van der Waals surface area (Å²) in [5.74, 6) is 0.0520. The van der Waals surface area contributed by atoms with Crippen LogP contribution in [0.5, 0.6) is 0 Å². The second-order valence-electron chi connectivity index (χ2n) is 5.39. The van der Waals surface area contributed by atoms with Crippen molar-refractivity contribution in [2.24, 2.45) is 0 Å². The molecule has 0 fully saturated rings. The fraction of sp³-hybridized carbons (Fsp3) is 0.625. The minimum atomic E-state index is 0.0520. The first kappa shape index (κ1) is 15.1. The van der Waals surface area contributed by atoms with Gasteiger partial charge in [0.1, 0.15) is 11.1 Å². The Morgan fingerprint density at radius 1 is 1.30 bits per heavy atom. The van der Waals surface area contributed by atoms with E-state index < -0.39 is 0 Å². The van der Waals surface area contributed by atoms with Gasteiger partial charge in [0.25, 0.3) is 0 Å². The molecule has 108 valence electrons. The Hall–Kier alpha value is -1.34. The molecule has 0 aliphatic heterocycles. The van der Waals surface area contributed by atoms with Gasteiger partial charge in [-0.1, -0.05) is 26.2 Å². The molecule has 1 N–H and O–H groups in total. The topological polar surface area (TPSA) is 52.9 Å². The van der Waals surface area contributed by atoms with E-state index in [2.05, 4.69) is 18.3 Å². The third-order valence-electron chi connectivity index (χ3n) is 3.79. The van der Waals surface area contributed by atoms with Gasteiger partial charge in [0.2, 0.25) is 5.91 Å². The number of rotatable bonds is 6. The highest BCUT2D eigenvalue weighted by Crippen LogP contribution is 2.37. The third-order valence-corrected chi connectivity index (χ3v) is 5.00.